The summed E-state index contributed by atoms with van der Waals surface area (Å²) in [6.07, 6.45) is 6.83. The number of hydrogen-bond acceptors (Lipinski definition) is 15. The van der Waals surface area contributed by atoms with Crippen LogP contribution in [0.15, 0.2) is 23.8 Å². The lowest BCUT2D eigenvalue weighted by Crippen LogP contribution is -2.61. The lowest BCUT2D eigenvalue weighted by atomic mass is 9.47. The number of fused-ring (bicyclic) bond motifs is 5. The quantitative estimate of drug-likeness (QED) is 0.0530. The minimum absolute atomic E-state index is 0.0107. The SMILES string of the molecule is C[C@]12C=CC(=O)CC1=CC[C@@H]1[C@@H]2[C@@H](O)C[C@@]2(C)[C@H]1CC[C@]2(O)C(=O)COC(=O)CC(NC(=O)CCCCCO[N+](=O)[O-])C(=O)OCCCCO[N+](=O)[O-]. The van der Waals surface area contributed by atoms with Gasteiger partial charge in [-0.15, -0.1) is 20.2 Å². The second kappa shape index (κ2) is 17.6. The van der Waals surface area contributed by atoms with Gasteiger partial charge in [0.2, 0.25) is 11.7 Å². The number of aliphatic hydroxyl groups excluding tert-OH is 1. The van der Waals surface area contributed by atoms with Crippen LogP contribution in [-0.4, -0.2) is 94.0 Å². The monoisotopic (exact) mass is 751 g/mol. The molecule has 0 aromatic heterocycles. The average molecular weight is 752 g/mol. The van der Waals surface area contributed by atoms with Crippen molar-refractivity contribution >= 4 is 29.4 Å². The first kappa shape index (κ1) is 41.3. The zero-order valence-corrected chi connectivity index (χ0v) is 30.0. The van der Waals surface area contributed by atoms with E-state index in [1.54, 1.807) is 13.0 Å². The van der Waals surface area contributed by atoms with E-state index < -0.39 is 75.4 Å². The number of carbonyl (C=O) groups excluding carboxylic acids is 5. The molecule has 2 fully saturated rings. The third-order valence-electron chi connectivity index (χ3n) is 11.6. The summed E-state index contributed by atoms with van der Waals surface area (Å²) in [5, 5.41) is 44.7. The Morgan fingerprint density at radius 1 is 1.00 bits per heavy atom. The Balaban J connectivity index is 1.35. The molecule has 8 atom stereocenters. The molecule has 4 aliphatic carbocycles. The number of Topliss-reactive ketones (excluding diaryl/α,β-unsaturated/α-hetero) is 1. The van der Waals surface area contributed by atoms with Crippen molar-refractivity contribution in [3.8, 4) is 0 Å². The molecule has 0 bridgehead atoms. The Bertz CT molecular complexity index is 1500. The molecule has 0 aromatic rings. The van der Waals surface area contributed by atoms with Gasteiger partial charge in [-0.1, -0.05) is 38.0 Å². The lowest BCUT2D eigenvalue weighted by molar-refractivity contribution is -0.757. The van der Waals surface area contributed by atoms with Crippen molar-refractivity contribution in [1.29, 1.82) is 0 Å². The van der Waals surface area contributed by atoms with E-state index in [4.69, 9.17) is 9.47 Å². The fraction of sp³-hybridized carbons (Fsp3) is 0.743. The molecule has 1 unspecified atom stereocenters. The molecule has 18 heteroatoms. The summed E-state index contributed by atoms with van der Waals surface area (Å²) >= 11 is 0. The maximum Gasteiger partial charge on any atom is 0.329 e. The Labute approximate surface area is 305 Å². The smallest absolute Gasteiger partial charge is 0.329 e. The van der Waals surface area contributed by atoms with E-state index in [0.29, 0.717) is 38.5 Å². The fourth-order valence-corrected chi connectivity index (χ4v) is 8.97. The second-order valence-electron chi connectivity index (χ2n) is 14.8. The minimum atomic E-state index is -1.91. The Kier molecular flexibility index (Phi) is 13.7. The fourth-order valence-electron chi connectivity index (χ4n) is 8.97. The number of nitrogens with one attached hydrogen (secondary N) is 1. The normalized spacial score (nSPS) is 30.4. The molecule has 3 N–H and O–H groups in total. The first-order valence-electron chi connectivity index (χ1n) is 18.0. The number of aliphatic hydroxyl groups is 2. The van der Waals surface area contributed by atoms with Gasteiger partial charge in [-0.2, -0.15) is 0 Å². The Morgan fingerprint density at radius 3 is 2.34 bits per heavy atom. The molecule has 1 amide bonds. The molecule has 4 rings (SSSR count). The molecule has 0 aromatic carbocycles. The summed E-state index contributed by atoms with van der Waals surface area (Å²) < 4.78 is 10.4. The van der Waals surface area contributed by atoms with Gasteiger partial charge in [-0.25, -0.2) is 4.79 Å². The van der Waals surface area contributed by atoms with Gasteiger partial charge >= 0.3 is 11.9 Å². The highest BCUT2D eigenvalue weighted by molar-refractivity contribution is 5.94. The van der Waals surface area contributed by atoms with Crippen molar-refractivity contribution in [2.75, 3.05) is 26.4 Å². The molecule has 0 saturated heterocycles. The average Bonchev–Trinajstić information content (AvgIpc) is 3.36. The van der Waals surface area contributed by atoms with Crippen molar-refractivity contribution < 1.29 is 63.5 Å². The van der Waals surface area contributed by atoms with Crippen LogP contribution >= 0.6 is 0 Å². The number of nitrogens with zero attached hydrogens (tertiary/aromatic N) is 2. The number of rotatable bonds is 20. The van der Waals surface area contributed by atoms with Gasteiger partial charge in [0.15, 0.2) is 12.4 Å². The molecule has 18 nitrogen and oxygen atoms in total. The van der Waals surface area contributed by atoms with Crippen LogP contribution in [0.1, 0.15) is 90.9 Å². The summed E-state index contributed by atoms with van der Waals surface area (Å²) in [7, 11) is 0. The first-order valence-corrected chi connectivity index (χ1v) is 18.0. The van der Waals surface area contributed by atoms with Gasteiger partial charge in [-0.05, 0) is 69.3 Å². The van der Waals surface area contributed by atoms with Gasteiger partial charge < -0.3 is 34.7 Å². The molecule has 2 saturated carbocycles. The highest BCUT2D eigenvalue weighted by Gasteiger charge is 2.68. The van der Waals surface area contributed by atoms with Gasteiger partial charge in [0, 0.05) is 29.6 Å². The maximum atomic E-state index is 13.7. The predicted octanol–water partition coefficient (Wildman–Crippen LogP) is 2.28. The molecule has 0 spiro atoms. The van der Waals surface area contributed by atoms with E-state index in [-0.39, 0.29) is 75.5 Å². The number of carbonyl (C=O) groups is 5. The van der Waals surface area contributed by atoms with Crippen LogP contribution in [0.5, 0.6) is 0 Å². The van der Waals surface area contributed by atoms with Gasteiger partial charge in [0.25, 0.3) is 10.2 Å². The third kappa shape index (κ3) is 9.57. The molecule has 53 heavy (non-hydrogen) atoms. The maximum absolute atomic E-state index is 13.7. The summed E-state index contributed by atoms with van der Waals surface area (Å²) in [4.78, 5) is 93.3. The molecular weight excluding hydrogens is 702 g/mol. The number of unbranched alkanes of at least 4 members (excludes halogenated alkanes) is 3. The van der Waals surface area contributed by atoms with Gasteiger partial charge in [-0.3, -0.25) is 19.2 Å². The van der Waals surface area contributed by atoms with E-state index in [2.05, 4.69) is 21.1 Å². The number of esters is 2. The standard InChI is InChI=1S/C35H49N3O15/c1-33-13-11-23(39)18-22(33)9-10-24-25-12-14-35(45,34(25,2)20-27(40)31(24)33)28(41)21-51-30(43)19-26(32(44)50-15-6-7-17-53-38(48)49)36-29(42)8-4-3-5-16-52-37(46)47/h9,11,13,24-27,31,40,45H,3-8,10,12,14-21H2,1-2H3,(H,36,42)/t24-,25-,26?,27-,31+,33-,34-,35-/m0/s1. The number of amides is 1. The van der Waals surface area contributed by atoms with Crippen LogP contribution in [-0.2, 0) is 43.1 Å². The zero-order valence-electron chi connectivity index (χ0n) is 30.0. The highest BCUT2D eigenvalue weighted by atomic mass is 17.0. The Hall–Kier alpha value is -4.45. The van der Waals surface area contributed by atoms with Gasteiger partial charge in [0.1, 0.15) is 11.6 Å². The Morgan fingerprint density at radius 2 is 1.66 bits per heavy atom. The van der Waals surface area contributed by atoms with Crippen LogP contribution in [0.2, 0.25) is 0 Å². The highest BCUT2D eigenvalue weighted by Crippen LogP contribution is 2.66. The molecule has 0 radical (unpaired) electrons. The number of ketones is 2. The van der Waals surface area contributed by atoms with Crippen LogP contribution in [0, 0.1) is 48.8 Å². The van der Waals surface area contributed by atoms with E-state index in [0.717, 1.165) is 5.57 Å². The largest absolute Gasteiger partial charge is 0.464 e. The van der Waals surface area contributed by atoms with E-state index in [9.17, 15) is 54.4 Å². The second-order valence-corrected chi connectivity index (χ2v) is 14.8. The summed E-state index contributed by atoms with van der Waals surface area (Å²) in [6, 6.07) is -1.51. The molecule has 0 aliphatic heterocycles. The summed E-state index contributed by atoms with van der Waals surface area (Å²) in [5.41, 5.74) is -2.49. The molecule has 294 valence electrons. The minimum Gasteiger partial charge on any atom is -0.464 e. The van der Waals surface area contributed by atoms with Crippen molar-refractivity contribution in [2.24, 2.45) is 28.6 Å². The van der Waals surface area contributed by atoms with Crippen LogP contribution < -0.4 is 5.32 Å². The van der Waals surface area contributed by atoms with Crippen LogP contribution in [0.4, 0.5) is 0 Å². The number of ether oxygens (including phenoxy) is 2. The van der Waals surface area contributed by atoms with Gasteiger partial charge in [0.05, 0.1) is 32.3 Å². The molecule has 4 aliphatic rings. The summed E-state index contributed by atoms with van der Waals surface area (Å²) in [6.45, 7) is 2.44. The van der Waals surface area contributed by atoms with E-state index >= 15 is 0 Å². The van der Waals surface area contributed by atoms with Crippen LogP contribution in [0.25, 0.3) is 0 Å². The van der Waals surface area contributed by atoms with Crippen molar-refractivity contribution in [3.05, 3.63) is 44.0 Å². The number of allylic oxidation sites excluding steroid dienone is 4. The number of hydrogen-bond donors (Lipinski definition) is 3. The predicted molar refractivity (Wildman–Crippen MR) is 180 cm³/mol. The zero-order chi connectivity index (χ0) is 39.0. The molecular formula is C35H49N3O15. The third-order valence-corrected chi connectivity index (χ3v) is 11.6. The van der Waals surface area contributed by atoms with E-state index in [1.165, 1.54) is 0 Å². The lowest BCUT2D eigenvalue weighted by Gasteiger charge is -2.58. The first-order chi connectivity index (χ1) is 25.0. The van der Waals surface area contributed by atoms with Crippen LogP contribution in [0.3, 0.4) is 0 Å². The van der Waals surface area contributed by atoms with E-state index in [1.807, 2.05) is 13.0 Å². The molecule has 0 heterocycles. The van der Waals surface area contributed by atoms with Crippen molar-refractivity contribution in [2.45, 2.75) is 109 Å². The van der Waals surface area contributed by atoms with Crippen molar-refractivity contribution in [1.82, 2.24) is 5.32 Å². The summed E-state index contributed by atoms with van der Waals surface area (Å²) in [5.74, 6) is -3.77. The van der Waals surface area contributed by atoms with Crippen molar-refractivity contribution in [3.63, 3.8) is 0 Å². The topological polar surface area (TPSA) is 261 Å².